The van der Waals surface area contributed by atoms with Crippen molar-refractivity contribution in [2.24, 2.45) is 11.8 Å². The average molecular weight is 368 g/mol. The monoisotopic (exact) mass is 367 g/mol. The van der Waals surface area contributed by atoms with Gasteiger partial charge in [0.05, 0.1) is 5.56 Å². The first-order chi connectivity index (χ1) is 10.5. The van der Waals surface area contributed by atoms with Gasteiger partial charge in [-0.15, -0.1) is 0 Å². The fourth-order valence-corrected chi connectivity index (χ4v) is 3.10. The van der Waals surface area contributed by atoms with Crippen LogP contribution in [0.15, 0.2) is 28.7 Å². The smallest absolute Gasteiger partial charge is 0.338 e. The number of hydrogen-bond donors (Lipinski definition) is 1. The summed E-state index contributed by atoms with van der Waals surface area (Å²) in [6.07, 6.45) is 3.35. The first kappa shape index (κ1) is 17.0. The highest BCUT2D eigenvalue weighted by Crippen LogP contribution is 2.29. The van der Waals surface area contributed by atoms with Gasteiger partial charge in [-0.3, -0.25) is 4.79 Å². The molecule has 22 heavy (non-hydrogen) atoms. The molecule has 1 aliphatic rings. The van der Waals surface area contributed by atoms with E-state index in [1.54, 1.807) is 24.3 Å². The third-order valence-electron chi connectivity index (χ3n) is 4.47. The van der Waals surface area contributed by atoms with Crippen molar-refractivity contribution in [2.75, 3.05) is 6.61 Å². The summed E-state index contributed by atoms with van der Waals surface area (Å²) in [6, 6.07) is 7.04. The summed E-state index contributed by atoms with van der Waals surface area (Å²) in [6.45, 7) is 4.16. The van der Waals surface area contributed by atoms with E-state index in [1.807, 2.05) is 0 Å². The van der Waals surface area contributed by atoms with E-state index in [9.17, 15) is 9.59 Å². The minimum Gasteiger partial charge on any atom is -0.452 e. The molecule has 0 saturated heterocycles. The molecule has 1 saturated carbocycles. The zero-order valence-corrected chi connectivity index (χ0v) is 14.6. The summed E-state index contributed by atoms with van der Waals surface area (Å²) in [5.41, 5.74) is 0.440. The van der Waals surface area contributed by atoms with Crippen LogP contribution in [0.25, 0.3) is 0 Å². The van der Waals surface area contributed by atoms with E-state index in [1.165, 1.54) is 6.42 Å². The van der Waals surface area contributed by atoms with Gasteiger partial charge in [0.15, 0.2) is 6.61 Å². The summed E-state index contributed by atoms with van der Waals surface area (Å²) in [5.74, 6) is 0.369. The molecule has 0 aliphatic heterocycles. The highest BCUT2D eigenvalue weighted by molar-refractivity contribution is 9.10. The Morgan fingerprint density at radius 3 is 2.59 bits per heavy atom. The number of rotatable bonds is 4. The normalized spacial score (nSPS) is 24.6. The van der Waals surface area contributed by atoms with Crippen LogP contribution in [0.2, 0.25) is 0 Å². The molecular formula is C17H22BrNO3. The van der Waals surface area contributed by atoms with Crippen molar-refractivity contribution >= 4 is 27.8 Å². The lowest BCUT2D eigenvalue weighted by atomic mass is 9.78. The summed E-state index contributed by atoms with van der Waals surface area (Å²) >= 11 is 3.31. The maximum atomic E-state index is 12.0. The fourth-order valence-electron chi connectivity index (χ4n) is 2.83. The summed E-state index contributed by atoms with van der Waals surface area (Å²) in [7, 11) is 0. The number of carbonyl (C=O) groups excluding carboxylic acids is 2. The van der Waals surface area contributed by atoms with Gasteiger partial charge in [0, 0.05) is 10.5 Å². The Morgan fingerprint density at radius 1 is 1.23 bits per heavy atom. The molecule has 5 heteroatoms. The Labute approximate surface area is 139 Å². The number of benzene rings is 1. The number of amides is 1. The van der Waals surface area contributed by atoms with Crippen LogP contribution in [0.5, 0.6) is 0 Å². The Balaban J connectivity index is 1.80. The summed E-state index contributed by atoms with van der Waals surface area (Å²) in [4.78, 5) is 23.8. The van der Waals surface area contributed by atoms with Crippen LogP contribution in [-0.4, -0.2) is 24.5 Å². The minimum absolute atomic E-state index is 0.183. The van der Waals surface area contributed by atoms with Crippen molar-refractivity contribution in [2.45, 2.75) is 39.2 Å². The Kier molecular flexibility index (Phi) is 6.00. The predicted molar refractivity (Wildman–Crippen MR) is 88.5 cm³/mol. The van der Waals surface area contributed by atoms with Gasteiger partial charge in [0.1, 0.15) is 0 Å². The lowest BCUT2D eigenvalue weighted by molar-refractivity contribution is -0.125. The molecule has 1 aromatic rings. The molecule has 0 aromatic heterocycles. The summed E-state index contributed by atoms with van der Waals surface area (Å²) in [5, 5.41) is 2.99. The van der Waals surface area contributed by atoms with Gasteiger partial charge in [0.2, 0.25) is 0 Å². The molecule has 1 aliphatic carbocycles. The van der Waals surface area contributed by atoms with Crippen molar-refractivity contribution in [1.29, 1.82) is 0 Å². The number of esters is 1. The molecule has 4 nitrogen and oxygen atoms in total. The van der Waals surface area contributed by atoms with Crippen LogP contribution in [-0.2, 0) is 9.53 Å². The third kappa shape index (κ3) is 4.57. The third-order valence-corrected chi connectivity index (χ3v) is 5.00. The molecule has 0 radical (unpaired) electrons. The topological polar surface area (TPSA) is 55.4 Å². The number of carbonyl (C=O) groups is 2. The molecule has 0 heterocycles. The number of halogens is 1. The van der Waals surface area contributed by atoms with Gasteiger partial charge >= 0.3 is 5.97 Å². The van der Waals surface area contributed by atoms with E-state index in [0.29, 0.717) is 17.4 Å². The first-order valence-electron chi connectivity index (χ1n) is 7.69. The minimum atomic E-state index is -0.479. The highest BCUT2D eigenvalue weighted by Gasteiger charge is 2.28. The van der Waals surface area contributed by atoms with Gasteiger partial charge in [-0.2, -0.15) is 0 Å². The SMILES string of the molecule is C[C@@H]1[C@H](C)CCC[C@@H]1NC(=O)COC(=O)c1ccc(Br)cc1. The zero-order valence-electron chi connectivity index (χ0n) is 13.0. The second-order valence-corrected chi connectivity index (χ2v) is 6.94. The number of nitrogens with one attached hydrogen (secondary N) is 1. The molecule has 0 bridgehead atoms. The van der Waals surface area contributed by atoms with Crippen LogP contribution in [0.3, 0.4) is 0 Å². The largest absolute Gasteiger partial charge is 0.452 e. The molecule has 2 rings (SSSR count). The van der Waals surface area contributed by atoms with Gasteiger partial charge in [-0.25, -0.2) is 4.79 Å². The van der Waals surface area contributed by atoms with E-state index in [2.05, 4.69) is 35.1 Å². The van der Waals surface area contributed by atoms with E-state index in [-0.39, 0.29) is 18.6 Å². The molecule has 1 amide bonds. The van der Waals surface area contributed by atoms with Crippen LogP contribution < -0.4 is 5.32 Å². The second kappa shape index (κ2) is 7.77. The summed E-state index contributed by atoms with van der Waals surface area (Å²) < 4.78 is 5.96. The van der Waals surface area contributed by atoms with Gasteiger partial charge in [-0.1, -0.05) is 42.6 Å². The Hall–Kier alpha value is -1.36. The van der Waals surface area contributed by atoms with Crippen molar-refractivity contribution in [3.05, 3.63) is 34.3 Å². The second-order valence-electron chi connectivity index (χ2n) is 6.02. The van der Waals surface area contributed by atoms with Gasteiger partial charge in [-0.05, 0) is 42.5 Å². The van der Waals surface area contributed by atoms with Crippen LogP contribution in [0.4, 0.5) is 0 Å². The van der Waals surface area contributed by atoms with E-state index in [0.717, 1.165) is 17.3 Å². The number of hydrogen-bond acceptors (Lipinski definition) is 3. The standard InChI is InChI=1S/C17H22BrNO3/c1-11-4-3-5-15(12(11)2)19-16(20)10-22-17(21)13-6-8-14(18)9-7-13/h6-9,11-12,15H,3-5,10H2,1-2H3,(H,19,20)/t11-,12-,15+/m1/s1. The van der Waals surface area contributed by atoms with Crippen molar-refractivity contribution < 1.29 is 14.3 Å². The molecular weight excluding hydrogens is 346 g/mol. The van der Waals surface area contributed by atoms with Gasteiger partial charge < -0.3 is 10.1 Å². The maximum absolute atomic E-state index is 12.0. The lowest BCUT2D eigenvalue weighted by Gasteiger charge is -2.34. The molecule has 1 aromatic carbocycles. The van der Waals surface area contributed by atoms with Crippen molar-refractivity contribution in [3.8, 4) is 0 Å². The molecule has 1 N–H and O–H groups in total. The van der Waals surface area contributed by atoms with Crippen LogP contribution >= 0.6 is 15.9 Å². The average Bonchev–Trinajstić information content (AvgIpc) is 2.50. The lowest BCUT2D eigenvalue weighted by Crippen LogP contribution is -2.45. The molecule has 3 atom stereocenters. The molecule has 120 valence electrons. The van der Waals surface area contributed by atoms with E-state index >= 15 is 0 Å². The first-order valence-corrected chi connectivity index (χ1v) is 8.48. The predicted octanol–water partition coefficient (Wildman–Crippen LogP) is 3.55. The highest BCUT2D eigenvalue weighted by atomic mass is 79.9. The maximum Gasteiger partial charge on any atom is 0.338 e. The van der Waals surface area contributed by atoms with Gasteiger partial charge in [0.25, 0.3) is 5.91 Å². The molecule has 0 unspecified atom stereocenters. The Bertz CT molecular complexity index is 529. The van der Waals surface area contributed by atoms with E-state index < -0.39 is 5.97 Å². The molecule has 0 spiro atoms. The van der Waals surface area contributed by atoms with Crippen molar-refractivity contribution in [1.82, 2.24) is 5.32 Å². The quantitative estimate of drug-likeness (QED) is 0.827. The fraction of sp³-hybridized carbons (Fsp3) is 0.529. The van der Waals surface area contributed by atoms with Crippen LogP contribution in [0, 0.1) is 11.8 Å². The van der Waals surface area contributed by atoms with Crippen molar-refractivity contribution in [3.63, 3.8) is 0 Å². The zero-order chi connectivity index (χ0) is 16.1. The number of ether oxygens (including phenoxy) is 1. The van der Waals surface area contributed by atoms with Crippen LogP contribution in [0.1, 0.15) is 43.5 Å². The van der Waals surface area contributed by atoms with E-state index in [4.69, 9.17) is 4.74 Å². The molecule has 1 fully saturated rings. The Morgan fingerprint density at radius 2 is 1.91 bits per heavy atom.